The summed E-state index contributed by atoms with van der Waals surface area (Å²) in [6.45, 7) is 0.490. The molecule has 0 radical (unpaired) electrons. The maximum atomic E-state index is 11.4. The van der Waals surface area contributed by atoms with Gasteiger partial charge in [-0.25, -0.2) is 14.5 Å². The summed E-state index contributed by atoms with van der Waals surface area (Å²) < 4.78 is 6.16. The van der Waals surface area contributed by atoms with E-state index in [0.717, 1.165) is 16.7 Å². The second-order valence-corrected chi connectivity index (χ2v) is 5.11. The lowest BCUT2D eigenvalue weighted by molar-refractivity contribution is 0.0586. The van der Waals surface area contributed by atoms with Crippen molar-refractivity contribution in [2.75, 3.05) is 7.11 Å². The standard InChI is InChI=1S/C18H14N4O2/c1-24-18(23)17-20-12-22(21-17)11-13-6-8-14(9-7-13)16-5-3-2-4-15(16)10-19/h2-9,12H,11H2,1H3. The minimum Gasteiger partial charge on any atom is -0.463 e. The number of aromatic nitrogens is 3. The number of nitriles is 1. The van der Waals surface area contributed by atoms with Crippen molar-refractivity contribution < 1.29 is 9.53 Å². The molecule has 1 heterocycles. The van der Waals surface area contributed by atoms with E-state index < -0.39 is 5.97 Å². The van der Waals surface area contributed by atoms with Gasteiger partial charge in [-0.15, -0.1) is 5.10 Å². The Kier molecular flexibility index (Phi) is 4.34. The number of carbonyl (C=O) groups excluding carboxylic acids is 1. The van der Waals surface area contributed by atoms with Gasteiger partial charge in [0.2, 0.25) is 0 Å². The number of esters is 1. The van der Waals surface area contributed by atoms with Crippen LogP contribution >= 0.6 is 0 Å². The minimum absolute atomic E-state index is 0.0390. The predicted molar refractivity (Wildman–Crippen MR) is 87.1 cm³/mol. The molecule has 6 nitrogen and oxygen atoms in total. The van der Waals surface area contributed by atoms with Gasteiger partial charge >= 0.3 is 5.97 Å². The second kappa shape index (κ2) is 6.75. The summed E-state index contributed by atoms with van der Waals surface area (Å²) >= 11 is 0. The number of hydrogen-bond donors (Lipinski definition) is 0. The summed E-state index contributed by atoms with van der Waals surface area (Å²) in [6.07, 6.45) is 1.49. The maximum Gasteiger partial charge on any atom is 0.377 e. The van der Waals surface area contributed by atoms with E-state index in [1.807, 2.05) is 42.5 Å². The number of benzene rings is 2. The average molecular weight is 318 g/mol. The first kappa shape index (κ1) is 15.4. The van der Waals surface area contributed by atoms with Crippen molar-refractivity contribution in [2.45, 2.75) is 6.54 Å². The van der Waals surface area contributed by atoms with Crippen molar-refractivity contribution >= 4 is 5.97 Å². The molecule has 0 bridgehead atoms. The number of methoxy groups -OCH3 is 1. The van der Waals surface area contributed by atoms with Crippen LogP contribution in [0.3, 0.4) is 0 Å². The molecule has 0 spiro atoms. The summed E-state index contributed by atoms with van der Waals surface area (Å²) in [5.74, 6) is -0.519. The minimum atomic E-state index is -0.558. The Morgan fingerprint density at radius 1 is 1.21 bits per heavy atom. The van der Waals surface area contributed by atoms with Crippen molar-refractivity contribution in [3.05, 3.63) is 71.8 Å². The van der Waals surface area contributed by atoms with Gasteiger partial charge < -0.3 is 4.74 Å². The summed E-state index contributed by atoms with van der Waals surface area (Å²) in [6, 6.07) is 17.5. The molecular formula is C18H14N4O2. The first-order valence-corrected chi connectivity index (χ1v) is 7.27. The lowest BCUT2D eigenvalue weighted by Gasteiger charge is -2.06. The highest BCUT2D eigenvalue weighted by atomic mass is 16.5. The second-order valence-electron chi connectivity index (χ2n) is 5.11. The van der Waals surface area contributed by atoms with Crippen LogP contribution in [-0.2, 0) is 11.3 Å². The lowest BCUT2D eigenvalue weighted by Crippen LogP contribution is -2.06. The molecule has 118 valence electrons. The van der Waals surface area contributed by atoms with Crippen LogP contribution in [0.4, 0.5) is 0 Å². The highest BCUT2D eigenvalue weighted by Crippen LogP contribution is 2.23. The van der Waals surface area contributed by atoms with Gasteiger partial charge in [0.25, 0.3) is 5.82 Å². The summed E-state index contributed by atoms with van der Waals surface area (Å²) in [5.41, 5.74) is 3.53. The molecule has 0 amide bonds. The molecule has 0 fully saturated rings. The van der Waals surface area contributed by atoms with Crippen LogP contribution < -0.4 is 0 Å². The van der Waals surface area contributed by atoms with Crippen molar-refractivity contribution in [3.63, 3.8) is 0 Å². The normalized spacial score (nSPS) is 10.2. The first-order chi connectivity index (χ1) is 11.7. The van der Waals surface area contributed by atoms with Crippen LogP contribution in [0.5, 0.6) is 0 Å². The van der Waals surface area contributed by atoms with Gasteiger partial charge in [-0.3, -0.25) is 0 Å². The van der Waals surface area contributed by atoms with E-state index in [2.05, 4.69) is 20.9 Å². The van der Waals surface area contributed by atoms with Gasteiger partial charge in [-0.2, -0.15) is 5.26 Å². The van der Waals surface area contributed by atoms with Crippen molar-refractivity contribution in [2.24, 2.45) is 0 Å². The molecule has 0 N–H and O–H groups in total. The van der Waals surface area contributed by atoms with E-state index in [0.29, 0.717) is 12.1 Å². The zero-order valence-electron chi connectivity index (χ0n) is 13.0. The fourth-order valence-corrected chi connectivity index (χ4v) is 2.36. The van der Waals surface area contributed by atoms with Crippen LogP contribution in [0.25, 0.3) is 11.1 Å². The third-order valence-electron chi connectivity index (χ3n) is 3.56. The SMILES string of the molecule is COC(=O)c1ncn(Cc2ccc(-c3ccccc3C#N)cc2)n1. The molecule has 0 aliphatic rings. The third kappa shape index (κ3) is 3.15. The molecule has 3 rings (SSSR count). The lowest BCUT2D eigenvalue weighted by atomic mass is 9.99. The molecule has 0 saturated carbocycles. The summed E-state index contributed by atoms with van der Waals surface area (Å²) in [5, 5.41) is 13.3. The van der Waals surface area contributed by atoms with Gasteiger partial charge in [0.05, 0.1) is 25.3 Å². The van der Waals surface area contributed by atoms with Gasteiger partial charge in [-0.05, 0) is 22.8 Å². The number of carbonyl (C=O) groups is 1. The van der Waals surface area contributed by atoms with Crippen LogP contribution in [0, 0.1) is 11.3 Å². The number of ether oxygens (including phenoxy) is 1. The molecule has 0 unspecified atom stereocenters. The predicted octanol–water partition coefficient (Wildman–Crippen LogP) is 2.65. The third-order valence-corrected chi connectivity index (χ3v) is 3.56. The quantitative estimate of drug-likeness (QED) is 0.691. The first-order valence-electron chi connectivity index (χ1n) is 7.27. The number of nitrogens with zero attached hydrogens (tertiary/aromatic N) is 4. The smallest absolute Gasteiger partial charge is 0.377 e. The molecule has 0 saturated heterocycles. The Balaban J connectivity index is 1.79. The van der Waals surface area contributed by atoms with E-state index >= 15 is 0 Å². The van der Waals surface area contributed by atoms with Crippen molar-refractivity contribution in [1.29, 1.82) is 5.26 Å². The van der Waals surface area contributed by atoms with Crippen molar-refractivity contribution in [3.8, 4) is 17.2 Å². The Morgan fingerprint density at radius 3 is 2.67 bits per heavy atom. The van der Waals surface area contributed by atoms with Crippen LogP contribution in [-0.4, -0.2) is 27.8 Å². The zero-order valence-corrected chi connectivity index (χ0v) is 13.0. The van der Waals surface area contributed by atoms with Gasteiger partial charge in [-0.1, -0.05) is 42.5 Å². The molecule has 3 aromatic rings. The fourth-order valence-electron chi connectivity index (χ4n) is 2.36. The Hall–Kier alpha value is -3.46. The molecule has 24 heavy (non-hydrogen) atoms. The zero-order chi connectivity index (χ0) is 16.9. The highest BCUT2D eigenvalue weighted by molar-refractivity contribution is 5.84. The van der Waals surface area contributed by atoms with E-state index in [-0.39, 0.29) is 5.82 Å². The van der Waals surface area contributed by atoms with Gasteiger partial charge in [0.1, 0.15) is 6.33 Å². The Labute approximate surface area is 138 Å². The monoisotopic (exact) mass is 318 g/mol. The van der Waals surface area contributed by atoms with Crippen LogP contribution in [0.1, 0.15) is 21.7 Å². The van der Waals surface area contributed by atoms with Crippen molar-refractivity contribution in [1.82, 2.24) is 14.8 Å². The molecular weight excluding hydrogens is 304 g/mol. The van der Waals surface area contributed by atoms with Gasteiger partial charge in [0, 0.05) is 0 Å². The number of hydrogen-bond acceptors (Lipinski definition) is 5. The van der Waals surface area contributed by atoms with Crippen LogP contribution in [0.15, 0.2) is 54.9 Å². The van der Waals surface area contributed by atoms with E-state index in [1.54, 1.807) is 10.7 Å². The average Bonchev–Trinajstić information content (AvgIpc) is 3.10. The summed E-state index contributed by atoms with van der Waals surface area (Å²) in [4.78, 5) is 15.3. The van der Waals surface area contributed by atoms with Gasteiger partial charge in [0.15, 0.2) is 0 Å². The fraction of sp³-hybridized carbons (Fsp3) is 0.111. The maximum absolute atomic E-state index is 11.4. The van der Waals surface area contributed by atoms with E-state index in [1.165, 1.54) is 13.4 Å². The Bertz CT molecular complexity index is 907. The summed E-state index contributed by atoms with van der Waals surface area (Å²) in [7, 11) is 1.29. The molecule has 6 heteroatoms. The molecule has 0 atom stereocenters. The van der Waals surface area contributed by atoms with E-state index in [4.69, 9.17) is 0 Å². The highest BCUT2D eigenvalue weighted by Gasteiger charge is 2.11. The molecule has 0 aliphatic heterocycles. The molecule has 0 aliphatic carbocycles. The van der Waals surface area contributed by atoms with E-state index in [9.17, 15) is 10.1 Å². The molecule has 2 aromatic carbocycles. The Morgan fingerprint density at radius 2 is 1.96 bits per heavy atom. The topological polar surface area (TPSA) is 80.8 Å². The molecule has 1 aromatic heterocycles. The van der Waals surface area contributed by atoms with Crippen LogP contribution in [0.2, 0.25) is 0 Å². The largest absolute Gasteiger partial charge is 0.463 e. The number of rotatable bonds is 4.